The molecule has 2 aliphatic heterocycles. The molecule has 2 aliphatic rings. The molecule has 3 rings (SSSR count). The molecule has 0 spiro atoms. The number of methoxy groups -OCH3 is 1. The second kappa shape index (κ2) is 13.0. The number of aliphatic hydroxyl groups is 2. The molecular weight excluding hydrogens is 520 g/mol. The fourth-order valence-electron chi connectivity index (χ4n) is 5.66. The Morgan fingerprint density at radius 2 is 1.95 bits per heavy atom. The average Bonchev–Trinajstić information content (AvgIpc) is 3.39. The SMILES string of the molecule is COCC(=O)N1[C@@H]2CCC[C@H](C)[C@H](O)[C@@H](C)C(=O)C(C)(C)[C@@H](O)CC(=O)OC(/C(C)=C/c3csc(C)n3)C[C@@H]21. The van der Waals surface area contributed by atoms with Gasteiger partial charge >= 0.3 is 5.97 Å². The average molecular weight is 565 g/mol. The predicted molar refractivity (Wildman–Crippen MR) is 149 cm³/mol. The molecule has 1 aromatic rings. The Hall–Kier alpha value is -2.14. The minimum absolute atomic E-state index is 0.0241. The number of hydrogen-bond donors (Lipinski definition) is 2. The minimum atomic E-state index is -1.28. The van der Waals surface area contributed by atoms with E-state index in [1.165, 1.54) is 18.4 Å². The number of thiazole rings is 1. The number of esters is 1. The van der Waals surface area contributed by atoms with Gasteiger partial charge in [0, 0.05) is 24.8 Å². The van der Waals surface area contributed by atoms with E-state index in [1.54, 1.807) is 25.7 Å². The highest BCUT2D eigenvalue weighted by atomic mass is 32.1. The van der Waals surface area contributed by atoms with Crippen molar-refractivity contribution in [3.05, 3.63) is 21.7 Å². The molecular formula is C29H44N2O7S. The lowest BCUT2D eigenvalue weighted by Gasteiger charge is -2.34. The number of ketones is 1. The Bertz CT molecular complexity index is 1070. The Kier molecular flexibility index (Phi) is 10.5. The first kappa shape index (κ1) is 31.4. The molecule has 9 nitrogen and oxygen atoms in total. The quantitative estimate of drug-likeness (QED) is 0.420. The highest BCUT2D eigenvalue weighted by Crippen LogP contribution is 2.39. The maximum Gasteiger partial charge on any atom is 0.309 e. The number of hydrogen-bond acceptors (Lipinski definition) is 9. The first-order chi connectivity index (χ1) is 18.3. The van der Waals surface area contributed by atoms with Gasteiger partial charge in [-0.1, -0.05) is 34.1 Å². The van der Waals surface area contributed by atoms with Crippen molar-refractivity contribution in [3.63, 3.8) is 0 Å². The third kappa shape index (κ3) is 7.54. The van der Waals surface area contributed by atoms with Crippen LogP contribution in [0, 0.1) is 24.2 Å². The molecule has 7 atom stereocenters. The molecule has 2 saturated heterocycles. The molecule has 1 aromatic heterocycles. The number of nitrogens with zero attached hydrogens (tertiary/aromatic N) is 2. The molecule has 1 unspecified atom stereocenters. The van der Waals surface area contributed by atoms with Gasteiger partial charge < -0.3 is 24.6 Å². The first-order valence-corrected chi connectivity index (χ1v) is 14.7. The monoisotopic (exact) mass is 564 g/mol. The molecule has 39 heavy (non-hydrogen) atoms. The van der Waals surface area contributed by atoms with E-state index in [0.717, 1.165) is 29.1 Å². The molecule has 2 N–H and O–H groups in total. The van der Waals surface area contributed by atoms with Crippen molar-refractivity contribution in [1.82, 2.24) is 9.88 Å². The second-order valence-electron chi connectivity index (χ2n) is 11.8. The zero-order valence-electron chi connectivity index (χ0n) is 24.2. The number of rotatable bonds is 4. The van der Waals surface area contributed by atoms with Crippen molar-refractivity contribution < 1.29 is 34.1 Å². The third-order valence-electron chi connectivity index (χ3n) is 8.37. The van der Waals surface area contributed by atoms with E-state index in [-0.39, 0.29) is 42.7 Å². The molecule has 0 aromatic carbocycles. The molecule has 0 radical (unpaired) electrons. The summed E-state index contributed by atoms with van der Waals surface area (Å²) < 4.78 is 11.0. The number of aliphatic hydroxyl groups excluding tert-OH is 2. The van der Waals surface area contributed by atoms with Crippen molar-refractivity contribution in [2.24, 2.45) is 17.3 Å². The number of fused-ring (bicyclic) bond motifs is 1. The van der Waals surface area contributed by atoms with Gasteiger partial charge in [-0.2, -0.15) is 0 Å². The van der Waals surface area contributed by atoms with Gasteiger partial charge in [-0.05, 0) is 44.3 Å². The largest absolute Gasteiger partial charge is 0.458 e. The molecule has 218 valence electrons. The van der Waals surface area contributed by atoms with E-state index < -0.39 is 35.6 Å². The standard InChI is InChI=1S/C29H44N2O7S/c1-16-9-8-10-21-22(31(21)25(33)14-37-7)12-23(17(2)11-20-15-39-19(4)30-20)38-26(34)13-24(32)29(5,6)28(36)18(3)27(16)35/h11,15-16,18,21-24,27,32,35H,8-10,12-14H2,1-7H3/b17-11+/t16-,18+,21+,22-,23?,24-,27-,31?/m0/s1. The van der Waals surface area contributed by atoms with Gasteiger partial charge in [0.2, 0.25) is 5.91 Å². The number of carbonyl (C=O) groups is 3. The topological polar surface area (TPSA) is 126 Å². The van der Waals surface area contributed by atoms with Crippen LogP contribution in [-0.4, -0.2) is 81.9 Å². The highest BCUT2D eigenvalue weighted by Gasteiger charge is 2.51. The number of carbonyl (C=O) groups excluding carboxylic acids is 3. The van der Waals surface area contributed by atoms with E-state index in [2.05, 4.69) is 4.98 Å². The van der Waals surface area contributed by atoms with Crippen molar-refractivity contribution in [2.75, 3.05) is 13.7 Å². The van der Waals surface area contributed by atoms with Gasteiger partial charge in [0.15, 0.2) is 0 Å². The fraction of sp³-hybridized carbons (Fsp3) is 0.724. The number of cyclic esters (lactones) is 1. The van der Waals surface area contributed by atoms with Crippen LogP contribution in [0.3, 0.4) is 0 Å². The minimum Gasteiger partial charge on any atom is -0.458 e. The van der Waals surface area contributed by atoms with Crippen LogP contribution in [0.1, 0.15) is 77.4 Å². The van der Waals surface area contributed by atoms with E-state index >= 15 is 0 Å². The van der Waals surface area contributed by atoms with Gasteiger partial charge in [-0.25, -0.2) is 4.98 Å². The summed E-state index contributed by atoms with van der Waals surface area (Å²) in [6.07, 6.45) is 1.32. The van der Waals surface area contributed by atoms with Gasteiger partial charge in [0.05, 0.1) is 46.8 Å². The van der Waals surface area contributed by atoms with Crippen molar-refractivity contribution in [1.29, 1.82) is 0 Å². The lowest BCUT2D eigenvalue weighted by Crippen LogP contribution is -2.45. The lowest BCUT2D eigenvalue weighted by atomic mass is 9.73. The maximum absolute atomic E-state index is 13.3. The summed E-state index contributed by atoms with van der Waals surface area (Å²) in [5.41, 5.74) is 0.306. The summed E-state index contributed by atoms with van der Waals surface area (Å²) in [6, 6.07) is -0.148. The van der Waals surface area contributed by atoms with E-state index in [9.17, 15) is 24.6 Å². The Labute approximate surface area is 235 Å². The molecule has 10 heteroatoms. The Balaban J connectivity index is 1.92. The molecule has 0 aliphatic carbocycles. The van der Waals surface area contributed by atoms with Crippen LogP contribution in [-0.2, 0) is 23.9 Å². The molecule has 3 heterocycles. The Morgan fingerprint density at radius 3 is 2.56 bits per heavy atom. The summed E-state index contributed by atoms with van der Waals surface area (Å²) in [5, 5.41) is 24.7. The smallest absolute Gasteiger partial charge is 0.309 e. The molecule has 1 amide bonds. The van der Waals surface area contributed by atoms with Crippen molar-refractivity contribution in [3.8, 4) is 0 Å². The summed E-state index contributed by atoms with van der Waals surface area (Å²) >= 11 is 1.53. The maximum atomic E-state index is 13.3. The van der Waals surface area contributed by atoms with Crippen LogP contribution >= 0.6 is 11.3 Å². The van der Waals surface area contributed by atoms with E-state index in [4.69, 9.17) is 9.47 Å². The van der Waals surface area contributed by atoms with E-state index in [1.807, 2.05) is 32.2 Å². The van der Waals surface area contributed by atoms with Crippen molar-refractivity contribution in [2.45, 2.75) is 104 Å². The van der Waals surface area contributed by atoms with Crippen LogP contribution in [0.15, 0.2) is 11.0 Å². The summed E-state index contributed by atoms with van der Waals surface area (Å²) in [6.45, 7) is 10.6. The van der Waals surface area contributed by atoms with Gasteiger partial charge in [-0.3, -0.25) is 14.4 Å². The lowest BCUT2D eigenvalue weighted by molar-refractivity contribution is -0.154. The van der Waals surface area contributed by atoms with Gasteiger partial charge in [0.25, 0.3) is 0 Å². The number of ether oxygens (including phenoxy) is 2. The first-order valence-electron chi connectivity index (χ1n) is 13.8. The van der Waals surface area contributed by atoms with Gasteiger partial charge in [0.1, 0.15) is 18.5 Å². The Morgan fingerprint density at radius 1 is 1.26 bits per heavy atom. The third-order valence-corrected chi connectivity index (χ3v) is 9.16. The number of Topliss-reactive ketones (excluding diaryl/α,β-unsaturated/α-hetero) is 1. The van der Waals surface area contributed by atoms with Crippen LogP contribution < -0.4 is 0 Å². The highest BCUT2D eigenvalue weighted by molar-refractivity contribution is 7.09. The normalized spacial score (nSPS) is 32.9. The van der Waals surface area contributed by atoms with Crippen molar-refractivity contribution >= 4 is 35.1 Å². The summed E-state index contributed by atoms with van der Waals surface area (Å²) in [5.74, 6) is -1.89. The van der Waals surface area contributed by atoms with Crippen LogP contribution in [0.25, 0.3) is 6.08 Å². The second-order valence-corrected chi connectivity index (χ2v) is 12.8. The molecule has 0 saturated carbocycles. The number of amides is 1. The van der Waals surface area contributed by atoms with Crippen LogP contribution in [0.5, 0.6) is 0 Å². The number of aromatic nitrogens is 1. The zero-order valence-corrected chi connectivity index (χ0v) is 25.0. The summed E-state index contributed by atoms with van der Waals surface area (Å²) in [7, 11) is 1.48. The molecule has 2 fully saturated rings. The number of aryl methyl sites for hydroxylation is 1. The van der Waals surface area contributed by atoms with Gasteiger partial charge in [-0.15, -0.1) is 11.3 Å². The summed E-state index contributed by atoms with van der Waals surface area (Å²) in [4.78, 5) is 45.5. The fourth-order valence-corrected chi connectivity index (χ4v) is 6.23. The predicted octanol–water partition coefficient (Wildman–Crippen LogP) is 3.55. The zero-order chi connectivity index (χ0) is 29.1. The van der Waals surface area contributed by atoms with E-state index in [0.29, 0.717) is 12.8 Å². The van der Waals surface area contributed by atoms with Crippen LogP contribution in [0.2, 0.25) is 0 Å². The molecule has 0 bridgehead atoms. The van der Waals surface area contributed by atoms with Crippen LogP contribution in [0.4, 0.5) is 0 Å².